The number of carbonyl (C=O) groups excluding carboxylic acids is 2. The molecule has 0 aromatic rings. The van der Waals surface area contributed by atoms with Crippen LogP contribution in [0.25, 0.3) is 0 Å². The van der Waals surface area contributed by atoms with E-state index in [0.29, 0.717) is 12.5 Å². The van der Waals surface area contributed by atoms with E-state index in [4.69, 9.17) is 0 Å². The Bertz CT molecular complexity index is 216. The Morgan fingerprint density at radius 2 is 2.23 bits per heavy atom. The zero-order chi connectivity index (χ0) is 9.84. The molecule has 1 rings (SSSR count). The zero-order valence-corrected chi connectivity index (χ0v) is 8.17. The van der Waals surface area contributed by atoms with Crippen molar-refractivity contribution in [3.63, 3.8) is 0 Å². The van der Waals surface area contributed by atoms with Crippen molar-refractivity contribution in [1.29, 1.82) is 0 Å². The first-order chi connectivity index (χ1) is 6.13. The van der Waals surface area contributed by atoms with Gasteiger partial charge in [-0.05, 0) is 12.3 Å². The van der Waals surface area contributed by atoms with Crippen LogP contribution in [0.15, 0.2) is 0 Å². The minimum absolute atomic E-state index is 0.186. The van der Waals surface area contributed by atoms with Gasteiger partial charge in [0.05, 0.1) is 0 Å². The highest BCUT2D eigenvalue weighted by molar-refractivity contribution is 6.01. The summed E-state index contributed by atoms with van der Waals surface area (Å²) in [6.07, 6.45) is 2.21. The molecule has 0 spiro atoms. The van der Waals surface area contributed by atoms with Gasteiger partial charge in [0.15, 0.2) is 0 Å². The zero-order valence-electron chi connectivity index (χ0n) is 8.17. The molecule has 0 radical (unpaired) electrons. The fraction of sp³-hybridized carbons (Fsp3) is 0.778. The van der Waals surface area contributed by atoms with Gasteiger partial charge in [0.2, 0.25) is 5.91 Å². The predicted octanol–water partition coefficient (Wildman–Crippen LogP) is 0.974. The third-order valence-electron chi connectivity index (χ3n) is 2.18. The van der Waals surface area contributed by atoms with Gasteiger partial charge in [-0.15, -0.1) is 0 Å². The molecule has 13 heavy (non-hydrogen) atoms. The maximum absolute atomic E-state index is 11.1. The molecule has 1 aliphatic heterocycles. The molecule has 1 unspecified atom stereocenters. The van der Waals surface area contributed by atoms with Gasteiger partial charge in [0.25, 0.3) is 0 Å². The summed E-state index contributed by atoms with van der Waals surface area (Å²) in [5.74, 6) is 0.287. The van der Waals surface area contributed by atoms with Gasteiger partial charge < -0.3 is 4.90 Å². The summed E-state index contributed by atoms with van der Waals surface area (Å²) in [4.78, 5) is 23.5. The number of carbonyl (C=O) groups is 2. The van der Waals surface area contributed by atoms with Crippen LogP contribution in [0.1, 0.15) is 26.7 Å². The van der Waals surface area contributed by atoms with E-state index < -0.39 is 0 Å². The molecule has 74 valence electrons. The minimum atomic E-state index is -0.243. The van der Waals surface area contributed by atoms with E-state index in [2.05, 4.69) is 19.2 Å². The Balaban J connectivity index is 2.36. The fourth-order valence-corrected chi connectivity index (χ4v) is 1.59. The molecular weight excluding hydrogens is 168 g/mol. The Morgan fingerprint density at radius 1 is 1.54 bits per heavy atom. The summed E-state index contributed by atoms with van der Waals surface area (Å²) < 4.78 is 0. The largest absolute Gasteiger partial charge is 0.324 e. The lowest BCUT2D eigenvalue weighted by atomic mass is 10.1. The van der Waals surface area contributed by atoms with Crippen molar-refractivity contribution in [3.8, 4) is 0 Å². The van der Waals surface area contributed by atoms with Crippen molar-refractivity contribution in [3.05, 3.63) is 0 Å². The van der Waals surface area contributed by atoms with Crippen molar-refractivity contribution in [2.24, 2.45) is 5.92 Å². The van der Waals surface area contributed by atoms with Gasteiger partial charge in [-0.25, -0.2) is 4.79 Å². The molecule has 1 fully saturated rings. The highest BCUT2D eigenvalue weighted by Gasteiger charge is 2.27. The fourth-order valence-electron chi connectivity index (χ4n) is 1.59. The van der Waals surface area contributed by atoms with Crippen LogP contribution < -0.4 is 5.32 Å². The Hall–Kier alpha value is -1.06. The van der Waals surface area contributed by atoms with Crippen LogP contribution in [0.4, 0.5) is 4.79 Å². The third kappa shape index (κ3) is 2.72. The number of nitrogens with one attached hydrogen (secondary N) is 1. The molecule has 1 heterocycles. The van der Waals surface area contributed by atoms with E-state index in [1.54, 1.807) is 4.90 Å². The van der Waals surface area contributed by atoms with Crippen molar-refractivity contribution in [2.75, 3.05) is 13.1 Å². The molecule has 0 saturated carbocycles. The summed E-state index contributed by atoms with van der Waals surface area (Å²) in [6, 6.07) is -0.243. The number of amides is 3. The lowest BCUT2D eigenvalue weighted by Crippen LogP contribution is -2.32. The number of imide groups is 1. The van der Waals surface area contributed by atoms with Gasteiger partial charge >= 0.3 is 6.03 Å². The van der Waals surface area contributed by atoms with Crippen LogP contribution in [-0.4, -0.2) is 29.9 Å². The quantitative estimate of drug-likeness (QED) is 0.662. The molecule has 0 aliphatic carbocycles. The summed E-state index contributed by atoms with van der Waals surface area (Å²) in [5, 5.41) is 2.26. The summed E-state index contributed by atoms with van der Waals surface area (Å²) in [5.41, 5.74) is 0. The lowest BCUT2D eigenvalue weighted by molar-refractivity contribution is -0.118. The van der Waals surface area contributed by atoms with E-state index in [1.165, 1.54) is 0 Å². The molecule has 0 aromatic heterocycles. The topological polar surface area (TPSA) is 49.4 Å². The number of hydrogen-bond donors (Lipinski definition) is 1. The van der Waals surface area contributed by atoms with Crippen molar-refractivity contribution < 1.29 is 9.59 Å². The number of nitrogens with zero attached hydrogens (tertiary/aromatic N) is 1. The number of urea groups is 1. The molecule has 0 aromatic carbocycles. The summed E-state index contributed by atoms with van der Waals surface area (Å²) in [7, 11) is 0. The van der Waals surface area contributed by atoms with Crippen LogP contribution in [0.3, 0.4) is 0 Å². The van der Waals surface area contributed by atoms with Crippen LogP contribution in [0.5, 0.6) is 0 Å². The highest BCUT2D eigenvalue weighted by Crippen LogP contribution is 2.09. The van der Waals surface area contributed by atoms with Crippen LogP contribution in [0, 0.1) is 5.92 Å². The van der Waals surface area contributed by atoms with Crippen LogP contribution in [0.2, 0.25) is 0 Å². The molecule has 1 atom stereocenters. The van der Waals surface area contributed by atoms with Gasteiger partial charge in [-0.1, -0.05) is 20.3 Å². The van der Waals surface area contributed by atoms with Gasteiger partial charge in [0.1, 0.15) is 6.54 Å². The number of rotatable bonds is 4. The highest BCUT2D eigenvalue weighted by atomic mass is 16.2. The summed E-state index contributed by atoms with van der Waals surface area (Å²) in [6.45, 7) is 5.13. The van der Waals surface area contributed by atoms with E-state index in [1.807, 2.05) is 0 Å². The maximum Gasteiger partial charge on any atom is 0.324 e. The molecule has 1 N–H and O–H groups in total. The smallest absolute Gasteiger partial charge is 0.315 e. The van der Waals surface area contributed by atoms with Crippen molar-refractivity contribution in [2.45, 2.75) is 26.7 Å². The van der Waals surface area contributed by atoms with E-state index >= 15 is 0 Å². The average Bonchev–Trinajstić information content (AvgIpc) is 2.30. The van der Waals surface area contributed by atoms with E-state index in [-0.39, 0.29) is 18.5 Å². The van der Waals surface area contributed by atoms with E-state index in [9.17, 15) is 9.59 Å². The van der Waals surface area contributed by atoms with Gasteiger partial charge in [0, 0.05) is 6.54 Å². The normalized spacial score (nSPS) is 19.1. The minimum Gasteiger partial charge on any atom is -0.315 e. The lowest BCUT2D eigenvalue weighted by Gasteiger charge is -2.17. The molecule has 1 aliphatic rings. The molecule has 0 bridgehead atoms. The Morgan fingerprint density at radius 3 is 2.69 bits per heavy atom. The second kappa shape index (κ2) is 4.25. The Kier molecular flexibility index (Phi) is 3.28. The first-order valence-corrected chi connectivity index (χ1v) is 4.72. The number of hydrogen-bond acceptors (Lipinski definition) is 2. The first-order valence-electron chi connectivity index (χ1n) is 4.72. The second-order valence-corrected chi connectivity index (χ2v) is 3.63. The SMILES string of the molecule is CCCC(C)CN1CC(=O)NC1=O. The monoisotopic (exact) mass is 184 g/mol. The van der Waals surface area contributed by atoms with Crippen molar-refractivity contribution in [1.82, 2.24) is 10.2 Å². The average molecular weight is 184 g/mol. The van der Waals surface area contributed by atoms with Crippen molar-refractivity contribution >= 4 is 11.9 Å². The second-order valence-electron chi connectivity index (χ2n) is 3.63. The van der Waals surface area contributed by atoms with Gasteiger partial charge in [-0.3, -0.25) is 10.1 Å². The third-order valence-corrected chi connectivity index (χ3v) is 2.18. The predicted molar refractivity (Wildman–Crippen MR) is 49.2 cm³/mol. The summed E-state index contributed by atoms with van der Waals surface area (Å²) >= 11 is 0. The molecule has 4 heteroatoms. The van der Waals surface area contributed by atoms with Gasteiger partial charge in [-0.2, -0.15) is 0 Å². The molecule has 3 amide bonds. The maximum atomic E-state index is 11.1. The standard InChI is InChI=1S/C9H16N2O2/c1-3-4-7(2)5-11-6-8(12)10-9(11)13/h7H,3-6H2,1-2H3,(H,10,12,13). The van der Waals surface area contributed by atoms with Crippen LogP contribution >= 0.6 is 0 Å². The first kappa shape index (κ1) is 10.0. The Labute approximate surface area is 78.3 Å². The van der Waals surface area contributed by atoms with Crippen LogP contribution in [-0.2, 0) is 4.79 Å². The molecule has 1 saturated heterocycles. The van der Waals surface area contributed by atoms with E-state index in [0.717, 1.165) is 12.8 Å². The molecule has 4 nitrogen and oxygen atoms in total. The molecular formula is C9H16N2O2.